The third-order valence-corrected chi connectivity index (χ3v) is 3.43. The highest BCUT2D eigenvalue weighted by molar-refractivity contribution is 9.09. The van der Waals surface area contributed by atoms with Crippen LogP contribution in [0.2, 0.25) is 0 Å². The number of carbonyl (C=O) groups excluding carboxylic acids is 1. The molecule has 0 aromatic rings. The molecule has 1 saturated carbocycles. The van der Waals surface area contributed by atoms with E-state index in [1.807, 2.05) is 0 Å². The van der Waals surface area contributed by atoms with E-state index < -0.39 is 0 Å². The molecule has 76 valence electrons. The lowest BCUT2D eigenvalue weighted by Gasteiger charge is -2.06. The minimum Gasteiger partial charge on any atom is -0.299 e. The molecule has 0 unspecified atom stereocenters. The molecule has 0 bridgehead atoms. The van der Waals surface area contributed by atoms with Crippen LogP contribution in [0.3, 0.4) is 0 Å². The van der Waals surface area contributed by atoms with Crippen molar-refractivity contribution >= 4 is 21.7 Å². The van der Waals surface area contributed by atoms with Gasteiger partial charge in [0.2, 0.25) is 0 Å². The van der Waals surface area contributed by atoms with E-state index in [2.05, 4.69) is 15.9 Å². The predicted molar refractivity (Wildman–Crippen MR) is 59.2 cm³/mol. The summed E-state index contributed by atoms with van der Waals surface area (Å²) >= 11 is 3.40. The van der Waals surface area contributed by atoms with Crippen molar-refractivity contribution in [2.45, 2.75) is 51.4 Å². The van der Waals surface area contributed by atoms with E-state index in [-0.39, 0.29) is 0 Å². The lowest BCUT2D eigenvalue weighted by atomic mass is 9.98. The topological polar surface area (TPSA) is 17.1 Å². The second-order valence-electron chi connectivity index (χ2n) is 3.95. The van der Waals surface area contributed by atoms with Gasteiger partial charge in [-0.3, -0.25) is 4.79 Å². The molecule has 13 heavy (non-hydrogen) atoms. The first-order valence-corrected chi connectivity index (χ1v) is 6.55. The molecule has 0 heterocycles. The Hall–Kier alpha value is 0.150. The molecule has 2 heteroatoms. The quantitative estimate of drug-likeness (QED) is 0.516. The zero-order valence-corrected chi connectivity index (χ0v) is 9.81. The molecular formula is C11H19BrO. The summed E-state index contributed by atoms with van der Waals surface area (Å²) < 4.78 is 0. The number of hydrogen-bond acceptors (Lipinski definition) is 1. The maximum absolute atomic E-state index is 11.6. The average Bonchev–Trinajstić information content (AvgIpc) is 2.65. The molecule has 0 spiro atoms. The number of hydrogen-bond donors (Lipinski definition) is 0. The van der Waals surface area contributed by atoms with Gasteiger partial charge in [0.15, 0.2) is 0 Å². The number of ketones is 1. The van der Waals surface area contributed by atoms with Crippen LogP contribution in [-0.4, -0.2) is 11.1 Å². The van der Waals surface area contributed by atoms with Crippen molar-refractivity contribution in [3.05, 3.63) is 0 Å². The van der Waals surface area contributed by atoms with E-state index in [0.717, 1.165) is 31.0 Å². The summed E-state index contributed by atoms with van der Waals surface area (Å²) in [5.41, 5.74) is 0. The molecule has 1 rings (SSSR count). The molecule has 1 nitrogen and oxygen atoms in total. The van der Waals surface area contributed by atoms with Crippen molar-refractivity contribution in [1.29, 1.82) is 0 Å². The van der Waals surface area contributed by atoms with Gasteiger partial charge in [0.1, 0.15) is 5.78 Å². The van der Waals surface area contributed by atoms with Gasteiger partial charge in [-0.25, -0.2) is 0 Å². The van der Waals surface area contributed by atoms with Crippen LogP contribution in [0.15, 0.2) is 0 Å². The van der Waals surface area contributed by atoms with Crippen molar-refractivity contribution in [2.75, 3.05) is 5.33 Å². The number of rotatable bonds is 6. The van der Waals surface area contributed by atoms with E-state index in [1.165, 1.54) is 25.7 Å². The summed E-state index contributed by atoms with van der Waals surface area (Å²) in [5, 5.41) is 1.07. The van der Waals surface area contributed by atoms with Crippen LogP contribution in [0.1, 0.15) is 51.4 Å². The minimum absolute atomic E-state index is 0.434. The fourth-order valence-corrected chi connectivity index (χ4v) is 2.42. The van der Waals surface area contributed by atoms with E-state index in [9.17, 15) is 4.79 Å². The summed E-state index contributed by atoms with van der Waals surface area (Å²) in [4.78, 5) is 11.6. The lowest BCUT2D eigenvalue weighted by Crippen LogP contribution is -2.09. The van der Waals surface area contributed by atoms with Gasteiger partial charge >= 0.3 is 0 Å². The number of unbranched alkanes of at least 4 members (excludes halogenated alkanes) is 2. The Morgan fingerprint density at radius 2 is 1.85 bits per heavy atom. The Balaban J connectivity index is 2.03. The highest BCUT2D eigenvalue weighted by Crippen LogP contribution is 2.26. The standard InChI is InChI=1S/C11H19BrO/c12-9-5-1-2-8-11(13)10-6-3-4-7-10/h10H,1-9H2. The Bertz CT molecular complexity index is 150. The third-order valence-electron chi connectivity index (χ3n) is 2.87. The van der Waals surface area contributed by atoms with E-state index in [0.29, 0.717) is 11.7 Å². The molecule has 1 aliphatic carbocycles. The van der Waals surface area contributed by atoms with E-state index >= 15 is 0 Å². The van der Waals surface area contributed by atoms with Gasteiger partial charge in [0.05, 0.1) is 0 Å². The fraction of sp³-hybridized carbons (Fsp3) is 0.909. The normalized spacial score (nSPS) is 17.9. The highest BCUT2D eigenvalue weighted by atomic mass is 79.9. The molecular weight excluding hydrogens is 228 g/mol. The maximum Gasteiger partial charge on any atom is 0.135 e. The first-order chi connectivity index (χ1) is 6.34. The molecule has 0 radical (unpaired) electrons. The molecule has 1 fully saturated rings. The van der Waals surface area contributed by atoms with Gasteiger partial charge in [-0.1, -0.05) is 35.2 Å². The van der Waals surface area contributed by atoms with Gasteiger partial charge in [0.25, 0.3) is 0 Å². The van der Waals surface area contributed by atoms with Crippen LogP contribution in [0.4, 0.5) is 0 Å². The third kappa shape index (κ3) is 4.26. The fourth-order valence-electron chi connectivity index (χ4n) is 2.02. The molecule has 0 aliphatic heterocycles. The smallest absolute Gasteiger partial charge is 0.135 e. The Morgan fingerprint density at radius 1 is 1.15 bits per heavy atom. The van der Waals surface area contributed by atoms with Crippen molar-refractivity contribution in [3.8, 4) is 0 Å². The summed E-state index contributed by atoms with van der Waals surface area (Å²) in [6.45, 7) is 0. The number of carbonyl (C=O) groups is 1. The Labute approximate surface area is 89.4 Å². The number of alkyl halides is 1. The van der Waals surface area contributed by atoms with Gasteiger partial charge in [0, 0.05) is 17.7 Å². The summed E-state index contributed by atoms with van der Waals surface area (Å²) in [5.74, 6) is 0.969. The van der Waals surface area contributed by atoms with Crippen LogP contribution in [0, 0.1) is 5.92 Å². The first-order valence-electron chi connectivity index (χ1n) is 5.43. The van der Waals surface area contributed by atoms with Crippen LogP contribution in [-0.2, 0) is 4.79 Å². The molecule has 0 amide bonds. The molecule has 1 aliphatic rings. The summed E-state index contributed by atoms with van der Waals surface area (Å²) in [6.07, 6.45) is 9.21. The second-order valence-corrected chi connectivity index (χ2v) is 4.74. The monoisotopic (exact) mass is 246 g/mol. The van der Waals surface area contributed by atoms with Gasteiger partial charge in [-0.15, -0.1) is 0 Å². The molecule has 0 aromatic carbocycles. The Morgan fingerprint density at radius 3 is 2.46 bits per heavy atom. The van der Waals surface area contributed by atoms with Crippen LogP contribution in [0.5, 0.6) is 0 Å². The maximum atomic E-state index is 11.6. The molecule has 0 N–H and O–H groups in total. The highest BCUT2D eigenvalue weighted by Gasteiger charge is 2.21. The van der Waals surface area contributed by atoms with Gasteiger partial charge in [-0.2, -0.15) is 0 Å². The van der Waals surface area contributed by atoms with Gasteiger partial charge < -0.3 is 0 Å². The van der Waals surface area contributed by atoms with Crippen molar-refractivity contribution in [3.63, 3.8) is 0 Å². The molecule has 0 saturated heterocycles. The number of Topliss-reactive ketones (excluding diaryl/α,β-unsaturated/α-hetero) is 1. The zero-order chi connectivity index (χ0) is 9.52. The van der Waals surface area contributed by atoms with Crippen molar-refractivity contribution in [2.24, 2.45) is 5.92 Å². The largest absolute Gasteiger partial charge is 0.299 e. The van der Waals surface area contributed by atoms with Crippen LogP contribution >= 0.6 is 15.9 Å². The average molecular weight is 247 g/mol. The second kappa shape index (κ2) is 6.58. The van der Waals surface area contributed by atoms with Gasteiger partial charge in [-0.05, 0) is 25.7 Å². The van der Waals surface area contributed by atoms with E-state index in [4.69, 9.17) is 0 Å². The number of halogens is 1. The summed E-state index contributed by atoms with van der Waals surface area (Å²) in [7, 11) is 0. The zero-order valence-electron chi connectivity index (χ0n) is 8.23. The SMILES string of the molecule is O=C(CCCCCBr)C1CCCC1. The van der Waals surface area contributed by atoms with Crippen LogP contribution in [0.25, 0.3) is 0 Å². The van der Waals surface area contributed by atoms with Crippen molar-refractivity contribution in [1.82, 2.24) is 0 Å². The van der Waals surface area contributed by atoms with Crippen LogP contribution < -0.4 is 0 Å². The first kappa shape index (κ1) is 11.2. The minimum atomic E-state index is 0.434. The summed E-state index contributed by atoms with van der Waals surface area (Å²) in [6, 6.07) is 0. The predicted octanol–water partition coefficient (Wildman–Crippen LogP) is 3.70. The van der Waals surface area contributed by atoms with Crippen molar-refractivity contribution < 1.29 is 4.79 Å². The molecule has 0 atom stereocenters. The van der Waals surface area contributed by atoms with E-state index in [1.54, 1.807) is 0 Å². The molecule has 0 aromatic heterocycles. The lowest BCUT2D eigenvalue weighted by molar-refractivity contribution is -0.122. The Kier molecular flexibility index (Phi) is 5.68.